The fourth-order valence-corrected chi connectivity index (χ4v) is 2.88. The largest absolute Gasteiger partial charge is 0.454 e. The van der Waals surface area contributed by atoms with E-state index in [0.29, 0.717) is 13.0 Å². The van der Waals surface area contributed by atoms with Crippen LogP contribution < -0.4 is 10.6 Å². The van der Waals surface area contributed by atoms with E-state index in [0.717, 1.165) is 22.0 Å². The van der Waals surface area contributed by atoms with Gasteiger partial charge in [0, 0.05) is 29.7 Å². The van der Waals surface area contributed by atoms with Gasteiger partial charge in [0.25, 0.3) is 5.91 Å². The molecule has 7 nitrogen and oxygen atoms in total. The topological polar surface area (TPSA) is 100 Å². The molecule has 0 saturated heterocycles. The van der Waals surface area contributed by atoms with Gasteiger partial charge < -0.3 is 20.4 Å². The van der Waals surface area contributed by atoms with Gasteiger partial charge in [-0.3, -0.25) is 14.4 Å². The first kappa shape index (κ1) is 20.9. The van der Waals surface area contributed by atoms with Crippen LogP contribution in [0.4, 0.5) is 0 Å². The van der Waals surface area contributed by atoms with E-state index in [9.17, 15) is 14.4 Å². The summed E-state index contributed by atoms with van der Waals surface area (Å²) in [6.45, 7) is -0.262. The van der Waals surface area contributed by atoms with Gasteiger partial charge in [-0.15, -0.1) is 0 Å². The van der Waals surface area contributed by atoms with Crippen molar-refractivity contribution >= 4 is 34.8 Å². The third-order valence-electron chi connectivity index (χ3n) is 4.39. The molecular weight excluding hydrogens is 382 g/mol. The molecule has 0 aliphatic rings. The van der Waals surface area contributed by atoms with Crippen molar-refractivity contribution in [1.82, 2.24) is 15.6 Å². The predicted molar refractivity (Wildman–Crippen MR) is 114 cm³/mol. The average molecular weight is 405 g/mol. The number of rotatable bonds is 9. The molecule has 0 spiro atoms. The van der Waals surface area contributed by atoms with E-state index in [1.807, 2.05) is 60.8 Å². The number of hydrogen-bond donors (Lipinski definition) is 3. The Kier molecular flexibility index (Phi) is 7.38. The number of ether oxygens (including phenoxy) is 1. The third kappa shape index (κ3) is 6.34. The second-order valence-corrected chi connectivity index (χ2v) is 6.58. The summed E-state index contributed by atoms with van der Waals surface area (Å²) in [7, 11) is 0. The second-order valence-electron chi connectivity index (χ2n) is 6.58. The number of carbonyl (C=O) groups excluding carboxylic acids is 3. The summed E-state index contributed by atoms with van der Waals surface area (Å²) in [5.74, 6) is -1.49. The Bertz CT molecular complexity index is 1040. The first-order valence-electron chi connectivity index (χ1n) is 9.60. The third-order valence-corrected chi connectivity index (χ3v) is 4.39. The highest BCUT2D eigenvalue weighted by molar-refractivity contribution is 5.93. The standard InChI is InChI=1S/C23H23N3O4/c27-21(11-10-17-6-2-1-3-7-17)26-15-23(29)30-16-22(28)24-13-12-18-14-25-20-9-5-4-8-19(18)20/h1-11,14,25H,12-13,15-16H2,(H,24,28)(H,26,27)/b11-10+. The molecule has 7 heteroatoms. The van der Waals surface area contributed by atoms with E-state index in [-0.39, 0.29) is 13.2 Å². The quantitative estimate of drug-likeness (QED) is 0.375. The number of benzene rings is 2. The Hall–Kier alpha value is -3.87. The van der Waals surface area contributed by atoms with Gasteiger partial charge in [0.05, 0.1) is 0 Å². The first-order valence-corrected chi connectivity index (χ1v) is 9.60. The van der Waals surface area contributed by atoms with Crippen LogP contribution in [0.1, 0.15) is 11.1 Å². The van der Waals surface area contributed by atoms with Crippen molar-refractivity contribution in [2.45, 2.75) is 6.42 Å². The molecule has 0 radical (unpaired) electrons. The number of para-hydroxylation sites is 1. The number of aromatic nitrogens is 1. The molecule has 1 aromatic heterocycles. The zero-order chi connectivity index (χ0) is 21.2. The zero-order valence-corrected chi connectivity index (χ0v) is 16.4. The van der Waals surface area contributed by atoms with E-state index >= 15 is 0 Å². The van der Waals surface area contributed by atoms with Crippen molar-refractivity contribution in [3.05, 3.63) is 78.0 Å². The van der Waals surface area contributed by atoms with Crippen molar-refractivity contribution in [2.75, 3.05) is 19.7 Å². The zero-order valence-electron chi connectivity index (χ0n) is 16.4. The molecule has 0 atom stereocenters. The van der Waals surface area contributed by atoms with Gasteiger partial charge in [-0.05, 0) is 29.7 Å². The molecule has 0 unspecified atom stereocenters. The molecule has 3 N–H and O–H groups in total. The summed E-state index contributed by atoms with van der Waals surface area (Å²) >= 11 is 0. The Morgan fingerprint density at radius 3 is 2.57 bits per heavy atom. The summed E-state index contributed by atoms with van der Waals surface area (Å²) < 4.78 is 4.88. The summed E-state index contributed by atoms with van der Waals surface area (Å²) in [5, 5.41) is 6.26. The number of H-pyrrole nitrogens is 1. The van der Waals surface area contributed by atoms with E-state index in [1.165, 1.54) is 6.08 Å². The van der Waals surface area contributed by atoms with Crippen LogP contribution in [0, 0.1) is 0 Å². The van der Waals surface area contributed by atoms with E-state index < -0.39 is 17.8 Å². The maximum Gasteiger partial charge on any atom is 0.325 e. The summed E-state index contributed by atoms with van der Waals surface area (Å²) in [6.07, 6.45) is 5.56. The molecule has 0 fully saturated rings. The normalized spacial score (nSPS) is 10.8. The Morgan fingerprint density at radius 2 is 1.73 bits per heavy atom. The van der Waals surface area contributed by atoms with Crippen LogP contribution >= 0.6 is 0 Å². The highest BCUT2D eigenvalue weighted by Gasteiger charge is 2.09. The lowest BCUT2D eigenvalue weighted by Gasteiger charge is -2.07. The summed E-state index contributed by atoms with van der Waals surface area (Å²) in [4.78, 5) is 38.4. The number of fused-ring (bicyclic) bond motifs is 1. The SMILES string of the molecule is O=C(/C=C/c1ccccc1)NCC(=O)OCC(=O)NCCc1c[nH]c2ccccc12. The number of esters is 1. The van der Waals surface area contributed by atoms with Gasteiger partial charge >= 0.3 is 5.97 Å². The van der Waals surface area contributed by atoms with Crippen LogP contribution in [-0.2, 0) is 25.5 Å². The van der Waals surface area contributed by atoms with Gasteiger partial charge in [0.2, 0.25) is 5.91 Å². The molecule has 1 heterocycles. The van der Waals surface area contributed by atoms with Crippen LogP contribution in [0.2, 0.25) is 0 Å². The van der Waals surface area contributed by atoms with Crippen molar-refractivity contribution in [3.63, 3.8) is 0 Å². The second kappa shape index (κ2) is 10.6. The molecule has 30 heavy (non-hydrogen) atoms. The molecule has 0 bridgehead atoms. The fourth-order valence-electron chi connectivity index (χ4n) is 2.88. The Balaban J connectivity index is 1.31. The summed E-state index contributed by atoms with van der Waals surface area (Å²) in [6, 6.07) is 17.3. The molecule has 0 aliphatic carbocycles. The van der Waals surface area contributed by atoms with Gasteiger partial charge in [0.15, 0.2) is 6.61 Å². The van der Waals surface area contributed by atoms with E-state index in [2.05, 4.69) is 15.6 Å². The van der Waals surface area contributed by atoms with Crippen molar-refractivity contribution in [3.8, 4) is 0 Å². The molecule has 2 aromatic carbocycles. The van der Waals surface area contributed by atoms with Crippen LogP contribution in [0.15, 0.2) is 66.9 Å². The maximum absolute atomic E-state index is 11.8. The molecule has 0 aliphatic heterocycles. The Morgan fingerprint density at radius 1 is 0.967 bits per heavy atom. The van der Waals surface area contributed by atoms with Gasteiger partial charge in [-0.2, -0.15) is 0 Å². The number of carbonyl (C=O) groups is 3. The van der Waals surface area contributed by atoms with Gasteiger partial charge in [0.1, 0.15) is 6.54 Å². The highest BCUT2D eigenvalue weighted by Crippen LogP contribution is 2.17. The lowest BCUT2D eigenvalue weighted by Crippen LogP contribution is -2.34. The number of aromatic amines is 1. The lowest BCUT2D eigenvalue weighted by atomic mass is 10.1. The van der Waals surface area contributed by atoms with Crippen LogP contribution in [0.5, 0.6) is 0 Å². The van der Waals surface area contributed by atoms with Crippen LogP contribution in [-0.4, -0.2) is 42.5 Å². The van der Waals surface area contributed by atoms with Crippen molar-refractivity contribution in [1.29, 1.82) is 0 Å². The molecule has 3 rings (SSSR count). The van der Waals surface area contributed by atoms with Crippen LogP contribution in [0.25, 0.3) is 17.0 Å². The highest BCUT2D eigenvalue weighted by atomic mass is 16.5. The van der Waals surface area contributed by atoms with E-state index in [1.54, 1.807) is 6.08 Å². The maximum atomic E-state index is 11.8. The minimum atomic E-state index is -0.678. The molecule has 0 saturated carbocycles. The average Bonchev–Trinajstić information content (AvgIpc) is 3.18. The first-order chi connectivity index (χ1) is 14.6. The number of hydrogen-bond acceptors (Lipinski definition) is 4. The lowest BCUT2D eigenvalue weighted by molar-refractivity contribution is -0.148. The monoisotopic (exact) mass is 405 g/mol. The number of nitrogens with one attached hydrogen (secondary N) is 3. The van der Waals surface area contributed by atoms with Gasteiger partial charge in [-0.1, -0.05) is 48.5 Å². The molecule has 2 amide bonds. The van der Waals surface area contributed by atoms with Gasteiger partial charge in [-0.25, -0.2) is 0 Å². The number of amides is 2. The van der Waals surface area contributed by atoms with Crippen molar-refractivity contribution in [2.24, 2.45) is 0 Å². The van der Waals surface area contributed by atoms with E-state index in [4.69, 9.17) is 4.74 Å². The summed E-state index contributed by atoms with van der Waals surface area (Å²) in [5.41, 5.74) is 3.03. The minimum absolute atomic E-state index is 0.305. The predicted octanol–water partition coefficient (Wildman–Crippen LogP) is 2.20. The smallest absolute Gasteiger partial charge is 0.325 e. The molecular formula is C23H23N3O4. The molecule has 154 valence electrons. The van der Waals surface area contributed by atoms with Crippen LogP contribution in [0.3, 0.4) is 0 Å². The van der Waals surface area contributed by atoms with Crippen molar-refractivity contribution < 1.29 is 19.1 Å². The molecule has 3 aromatic rings. The minimum Gasteiger partial charge on any atom is -0.454 e. The Labute approximate surface area is 174 Å². The fraction of sp³-hybridized carbons (Fsp3) is 0.174.